The van der Waals surface area contributed by atoms with Gasteiger partial charge in [-0.2, -0.15) is 15.0 Å². The zero-order valence-electron chi connectivity index (χ0n) is 11.4. The summed E-state index contributed by atoms with van der Waals surface area (Å²) in [7, 11) is 1.75. The van der Waals surface area contributed by atoms with E-state index in [4.69, 9.17) is 4.74 Å². The van der Waals surface area contributed by atoms with Crippen LogP contribution < -0.4 is 15.4 Å². The summed E-state index contributed by atoms with van der Waals surface area (Å²) in [6, 6.07) is 8.05. The highest BCUT2D eigenvalue weighted by molar-refractivity contribution is 9.10. The Morgan fingerprint density at radius 2 is 1.80 bits per heavy atom. The third-order valence-electron chi connectivity index (χ3n) is 2.37. The fourth-order valence-corrected chi connectivity index (χ4v) is 1.71. The lowest BCUT2D eigenvalue weighted by Crippen LogP contribution is -2.07. The summed E-state index contributed by atoms with van der Waals surface area (Å²) in [5, 5.41) is 6.01. The molecule has 0 aliphatic rings. The molecule has 0 amide bonds. The molecule has 7 heteroatoms. The monoisotopic (exact) mass is 337 g/mol. The molecular weight excluding hydrogens is 322 g/mol. The SMILES string of the molecule is CCCOc1nc(NC)nc(Nc2ccc(Br)cc2)n1. The lowest BCUT2D eigenvalue weighted by Gasteiger charge is -2.09. The van der Waals surface area contributed by atoms with Crippen molar-refractivity contribution in [2.45, 2.75) is 13.3 Å². The number of rotatable bonds is 6. The number of halogens is 1. The Morgan fingerprint density at radius 1 is 1.10 bits per heavy atom. The average Bonchev–Trinajstić information content (AvgIpc) is 2.47. The standard InChI is InChI=1S/C13H16BrN5O/c1-3-8-20-13-18-11(15-2)17-12(19-13)16-10-6-4-9(14)5-7-10/h4-7H,3,8H2,1-2H3,(H2,15,16,17,18,19). The van der Waals surface area contributed by atoms with Crippen LogP contribution in [0.4, 0.5) is 17.6 Å². The van der Waals surface area contributed by atoms with Crippen LogP contribution in [0.3, 0.4) is 0 Å². The number of nitrogens with one attached hydrogen (secondary N) is 2. The van der Waals surface area contributed by atoms with Gasteiger partial charge in [-0.15, -0.1) is 0 Å². The fourth-order valence-electron chi connectivity index (χ4n) is 1.44. The van der Waals surface area contributed by atoms with Crippen LogP contribution in [0, 0.1) is 0 Å². The highest BCUT2D eigenvalue weighted by Crippen LogP contribution is 2.19. The van der Waals surface area contributed by atoms with E-state index in [0.717, 1.165) is 16.6 Å². The zero-order valence-corrected chi connectivity index (χ0v) is 12.9. The summed E-state index contributed by atoms with van der Waals surface area (Å²) in [6.07, 6.45) is 0.899. The molecule has 0 spiro atoms. The molecule has 1 heterocycles. The van der Waals surface area contributed by atoms with Gasteiger partial charge < -0.3 is 15.4 Å². The van der Waals surface area contributed by atoms with Gasteiger partial charge in [0, 0.05) is 17.2 Å². The van der Waals surface area contributed by atoms with Gasteiger partial charge >= 0.3 is 6.01 Å². The second-order valence-electron chi connectivity index (χ2n) is 4.00. The number of benzene rings is 1. The Labute approximate surface area is 126 Å². The van der Waals surface area contributed by atoms with E-state index in [-0.39, 0.29) is 0 Å². The Kier molecular flexibility index (Phi) is 5.11. The van der Waals surface area contributed by atoms with Crippen molar-refractivity contribution >= 4 is 33.5 Å². The third-order valence-corrected chi connectivity index (χ3v) is 2.90. The van der Waals surface area contributed by atoms with E-state index < -0.39 is 0 Å². The number of ether oxygens (including phenoxy) is 1. The molecule has 1 aromatic heterocycles. The Morgan fingerprint density at radius 3 is 2.45 bits per heavy atom. The van der Waals surface area contributed by atoms with Crippen LogP contribution in [0.5, 0.6) is 6.01 Å². The first-order valence-electron chi connectivity index (χ1n) is 6.30. The lowest BCUT2D eigenvalue weighted by atomic mass is 10.3. The number of nitrogens with zero attached hydrogens (tertiary/aromatic N) is 3. The van der Waals surface area contributed by atoms with Gasteiger partial charge in [-0.25, -0.2) is 0 Å². The fraction of sp³-hybridized carbons (Fsp3) is 0.308. The van der Waals surface area contributed by atoms with Gasteiger partial charge in [-0.1, -0.05) is 22.9 Å². The second kappa shape index (κ2) is 7.04. The molecule has 0 bridgehead atoms. The van der Waals surface area contributed by atoms with Crippen LogP contribution >= 0.6 is 15.9 Å². The van der Waals surface area contributed by atoms with Crippen LogP contribution in [0.2, 0.25) is 0 Å². The van der Waals surface area contributed by atoms with Crippen molar-refractivity contribution in [3.8, 4) is 6.01 Å². The van der Waals surface area contributed by atoms with Crippen LogP contribution in [0.25, 0.3) is 0 Å². The minimum atomic E-state index is 0.311. The molecule has 106 valence electrons. The Hall–Kier alpha value is -1.89. The molecule has 0 saturated carbocycles. The van der Waals surface area contributed by atoms with Crippen molar-refractivity contribution in [2.24, 2.45) is 0 Å². The molecule has 0 radical (unpaired) electrons. The van der Waals surface area contributed by atoms with E-state index in [0.29, 0.717) is 24.5 Å². The maximum atomic E-state index is 5.45. The molecule has 0 fully saturated rings. The van der Waals surface area contributed by atoms with Gasteiger partial charge in [0.15, 0.2) is 0 Å². The molecule has 2 N–H and O–H groups in total. The summed E-state index contributed by atoms with van der Waals surface area (Å²) in [5.41, 5.74) is 0.892. The van der Waals surface area contributed by atoms with Crippen LogP contribution in [-0.2, 0) is 0 Å². The topological polar surface area (TPSA) is 72.0 Å². The summed E-state index contributed by atoms with van der Waals surface area (Å²) in [5.74, 6) is 0.906. The van der Waals surface area contributed by atoms with E-state index in [1.165, 1.54) is 0 Å². The minimum absolute atomic E-state index is 0.311. The molecule has 2 aromatic rings. The molecule has 0 unspecified atom stereocenters. The Balaban J connectivity index is 2.19. The van der Waals surface area contributed by atoms with Crippen molar-refractivity contribution in [1.29, 1.82) is 0 Å². The predicted molar refractivity (Wildman–Crippen MR) is 82.6 cm³/mol. The summed E-state index contributed by atoms with van der Waals surface area (Å²) < 4.78 is 6.46. The van der Waals surface area contributed by atoms with E-state index in [9.17, 15) is 0 Å². The smallest absolute Gasteiger partial charge is 0.323 e. The molecule has 0 aliphatic heterocycles. The molecule has 0 aliphatic carbocycles. The first kappa shape index (κ1) is 14.5. The molecule has 1 aromatic carbocycles. The van der Waals surface area contributed by atoms with E-state index in [1.807, 2.05) is 31.2 Å². The van der Waals surface area contributed by atoms with Crippen LogP contribution in [-0.4, -0.2) is 28.6 Å². The molecule has 0 atom stereocenters. The van der Waals surface area contributed by atoms with Gasteiger partial charge in [0.25, 0.3) is 0 Å². The summed E-state index contributed by atoms with van der Waals surface area (Å²) >= 11 is 3.39. The quantitative estimate of drug-likeness (QED) is 0.843. The highest BCUT2D eigenvalue weighted by Gasteiger charge is 2.06. The maximum absolute atomic E-state index is 5.45. The third kappa shape index (κ3) is 4.06. The zero-order chi connectivity index (χ0) is 14.4. The van der Waals surface area contributed by atoms with Crippen molar-refractivity contribution in [1.82, 2.24) is 15.0 Å². The maximum Gasteiger partial charge on any atom is 0.323 e. The van der Waals surface area contributed by atoms with Crippen LogP contribution in [0.15, 0.2) is 28.7 Å². The second-order valence-corrected chi connectivity index (χ2v) is 4.91. The number of hydrogen-bond acceptors (Lipinski definition) is 6. The minimum Gasteiger partial charge on any atom is -0.463 e. The largest absolute Gasteiger partial charge is 0.463 e. The van der Waals surface area contributed by atoms with Gasteiger partial charge in [0.1, 0.15) is 0 Å². The number of anilines is 3. The van der Waals surface area contributed by atoms with E-state index in [1.54, 1.807) is 7.05 Å². The normalized spacial score (nSPS) is 10.2. The van der Waals surface area contributed by atoms with Crippen molar-refractivity contribution < 1.29 is 4.74 Å². The van der Waals surface area contributed by atoms with Crippen molar-refractivity contribution in [3.05, 3.63) is 28.7 Å². The number of hydrogen-bond donors (Lipinski definition) is 2. The van der Waals surface area contributed by atoms with Crippen molar-refractivity contribution in [2.75, 3.05) is 24.3 Å². The first-order chi connectivity index (χ1) is 9.71. The molecule has 6 nitrogen and oxygen atoms in total. The van der Waals surface area contributed by atoms with Crippen LogP contribution in [0.1, 0.15) is 13.3 Å². The molecule has 2 rings (SSSR count). The van der Waals surface area contributed by atoms with Gasteiger partial charge in [-0.05, 0) is 30.7 Å². The molecule has 20 heavy (non-hydrogen) atoms. The molecular formula is C13H16BrN5O. The summed E-state index contributed by atoms with van der Waals surface area (Å²) in [6.45, 7) is 2.60. The van der Waals surface area contributed by atoms with Gasteiger partial charge in [0.05, 0.1) is 6.61 Å². The summed E-state index contributed by atoms with van der Waals surface area (Å²) in [4.78, 5) is 12.6. The molecule has 0 saturated heterocycles. The van der Waals surface area contributed by atoms with Gasteiger partial charge in [0.2, 0.25) is 11.9 Å². The van der Waals surface area contributed by atoms with E-state index in [2.05, 4.69) is 41.5 Å². The van der Waals surface area contributed by atoms with Crippen molar-refractivity contribution in [3.63, 3.8) is 0 Å². The lowest BCUT2D eigenvalue weighted by molar-refractivity contribution is 0.292. The number of aromatic nitrogens is 3. The average molecular weight is 338 g/mol. The van der Waals surface area contributed by atoms with Gasteiger partial charge in [-0.3, -0.25) is 0 Å². The van der Waals surface area contributed by atoms with E-state index >= 15 is 0 Å². The first-order valence-corrected chi connectivity index (χ1v) is 7.09. The predicted octanol–water partition coefficient (Wildman–Crippen LogP) is 3.21. The highest BCUT2D eigenvalue weighted by atomic mass is 79.9. The Bertz CT molecular complexity index is 561.